The normalized spacial score (nSPS) is 11.7. The predicted molar refractivity (Wildman–Crippen MR) is 107 cm³/mol. The fourth-order valence-electron chi connectivity index (χ4n) is 3.25. The molecule has 26 heavy (non-hydrogen) atoms. The highest BCUT2D eigenvalue weighted by atomic mass is 32.2. The molecule has 3 aromatic rings. The smallest absolute Gasteiger partial charge is 0.229 e. The van der Waals surface area contributed by atoms with Crippen molar-refractivity contribution in [2.45, 2.75) is 20.4 Å². The Morgan fingerprint density at radius 1 is 1.19 bits per heavy atom. The molecule has 6 nitrogen and oxygen atoms in total. The molecular formula is C19H23N3O3S. The number of fused-ring (bicyclic) bond motifs is 1. The van der Waals surface area contributed by atoms with Crippen LogP contribution in [0, 0.1) is 6.92 Å². The average molecular weight is 373 g/mol. The van der Waals surface area contributed by atoms with Gasteiger partial charge >= 0.3 is 0 Å². The van der Waals surface area contributed by atoms with Crippen molar-refractivity contribution in [3.05, 3.63) is 42.0 Å². The minimum Gasteiger partial charge on any atom is -0.497 e. The van der Waals surface area contributed by atoms with Crippen LogP contribution in [0.3, 0.4) is 0 Å². The molecule has 0 spiro atoms. The van der Waals surface area contributed by atoms with Gasteiger partial charge in [0.2, 0.25) is 10.0 Å². The fourth-order valence-corrected chi connectivity index (χ4v) is 3.88. The van der Waals surface area contributed by atoms with Gasteiger partial charge in [-0.3, -0.25) is 4.72 Å². The number of nitrogens with two attached hydrogens (primary N) is 1. The van der Waals surface area contributed by atoms with Crippen LogP contribution in [-0.4, -0.2) is 26.4 Å². The molecule has 0 aliphatic carbocycles. The van der Waals surface area contributed by atoms with E-state index in [0.29, 0.717) is 11.4 Å². The third-order valence-electron chi connectivity index (χ3n) is 4.42. The summed E-state index contributed by atoms with van der Waals surface area (Å²) in [5.74, 6) is 0.778. The van der Waals surface area contributed by atoms with Gasteiger partial charge in [-0.1, -0.05) is 6.07 Å². The molecule has 0 bridgehead atoms. The fraction of sp³-hybridized carbons (Fsp3) is 0.263. The number of ether oxygens (including phenoxy) is 1. The highest BCUT2D eigenvalue weighted by Gasteiger charge is 2.17. The van der Waals surface area contributed by atoms with Crippen molar-refractivity contribution < 1.29 is 13.2 Å². The second kappa shape index (κ2) is 6.57. The number of sulfonamides is 1. The van der Waals surface area contributed by atoms with Crippen LogP contribution in [0.4, 0.5) is 11.4 Å². The number of rotatable bonds is 5. The summed E-state index contributed by atoms with van der Waals surface area (Å²) in [4.78, 5) is 0. The predicted octanol–water partition coefficient (Wildman–Crippen LogP) is 3.60. The van der Waals surface area contributed by atoms with Crippen LogP contribution in [0.25, 0.3) is 22.2 Å². The van der Waals surface area contributed by atoms with Gasteiger partial charge in [-0.05, 0) is 43.7 Å². The van der Waals surface area contributed by atoms with Crippen LogP contribution >= 0.6 is 0 Å². The van der Waals surface area contributed by atoms with E-state index in [1.807, 2.05) is 37.3 Å². The zero-order valence-electron chi connectivity index (χ0n) is 15.3. The first-order valence-electron chi connectivity index (χ1n) is 8.29. The van der Waals surface area contributed by atoms with E-state index < -0.39 is 10.0 Å². The molecule has 0 aliphatic heterocycles. The topological polar surface area (TPSA) is 86.4 Å². The Bertz CT molecular complexity index is 1090. The number of anilines is 2. The standard InChI is InChI=1S/C19H23N3O3S/c1-5-22-17-11-14(25-3)7-8-15(17)18(20)19(22)13-6-9-16(12(2)10-13)21-26(4,23)24/h6-11,21H,5,20H2,1-4H3. The number of nitrogens with zero attached hydrogens (tertiary/aromatic N) is 1. The van der Waals surface area contributed by atoms with Crippen molar-refractivity contribution >= 4 is 32.3 Å². The third kappa shape index (κ3) is 3.22. The van der Waals surface area contributed by atoms with Crippen molar-refractivity contribution in [3.8, 4) is 17.0 Å². The summed E-state index contributed by atoms with van der Waals surface area (Å²) in [6, 6.07) is 11.4. The number of methoxy groups -OCH3 is 1. The van der Waals surface area contributed by atoms with E-state index in [1.54, 1.807) is 13.2 Å². The van der Waals surface area contributed by atoms with Crippen LogP contribution in [0.2, 0.25) is 0 Å². The molecule has 3 rings (SSSR count). The summed E-state index contributed by atoms with van der Waals surface area (Å²) in [6.45, 7) is 4.68. The van der Waals surface area contributed by atoms with Crippen LogP contribution in [0.5, 0.6) is 5.75 Å². The first kappa shape index (κ1) is 18.1. The molecule has 2 aromatic carbocycles. The largest absolute Gasteiger partial charge is 0.497 e. The first-order chi connectivity index (χ1) is 12.2. The first-order valence-corrected chi connectivity index (χ1v) is 10.2. The zero-order chi connectivity index (χ0) is 19.1. The Balaban J connectivity index is 2.19. The third-order valence-corrected chi connectivity index (χ3v) is 5.01. The van der Waals surface area contributed by atoms with E-state index >= 15 is 0 Å². The van der Waals surface area contributed by atoms with Crippen LogP contribution < -0.4 is 15.2 Å². The molecule has 0 unspecified atom stereocenters. The van der Waals surface area contributed by atoms with Crippen molar-refractivity contribution in [2.75, 3.05) is 23.8 Å². The maximum Gasteiger partial charge on any atom is 0.229 e. The highest BCUT2D eigenvalue weighted by Crippen LogP contribution is 2.38. The summed E-state index contributed by atoms with van der Waals surface area (Å²) in [6.07, 6.45) is 1.14. The van der Waals surface area contributed by atoms with Crippen molar-refractivity contribution in [2.24, 2.45) is 0 Å². The Labute approximate surface area is 153 Å². The zero-order valence-corrected chi connectivity index (χ0v) is 16.1. The summed E-state index contributed by atoms with van der Waals surface area (Å²) in [5, 5.41) is 0.971. The average Bonchev–Trinajstić information content (AvgIpc) is 2.87. The lowest BCUT2D eigenvalue weighted by Crippen LogP contribution is -2.10. The van der Waals surface area contributed by atoms with Gasteiger partial charge in [-0.15, -0.1) is 0 Å². The molecule has 138 valence electrons. The summed E-state index contributed by atoms with van der Waals surface area (Å²) in [5.41, 5.74) is 11.4. The van der Waals surface area contributed by atoms with E-state index in [9.17, 15) is 8.42 Å². The molecule has 3 N–H and O–H groups in total. The van der Waals surface area contributed by atoms with E-state index in [1.165, 1.54) is 0 Å². The second-order valence-corrected chi connectivity index (χ2v) is 8.04. The van der Waals surface area contributed by atoms with E-state index in [0.717, 1.165) is 46.3 Å². The van der Waals surface area contributed by atoms with Crippen LogP contribution in [-0.2, 0) is 16.6 Å². The monoisotopic (exact) mass is 373 g/mol. The summed E-state index contributed by atoms with van der Waals surface area (Å²) >= 11 is 0. The van der Waals surface area contributed by atoms with Gasteiger partial charge in [-0.2, -0.15) is 0 Å². The molecule has 0 amide bonds. The molecule has 1 aromatic heterocycles. The number of benzene rings is 2. The minimum absolute atomic E-state index is 0.565. The van der Waals surface area contributed by atoms with Crippen molar-refractivity contribution in [1.29, 1.82) is 0 Å². The summed E-state index contributed by atoms with van der Waals surface area (Å²) in [7, 11) is -1.68. The number of aryl methyl sites for hydroxylation is 2. The number of hydrogen-bond acceptors (Lipinski definition) is 4. The quantitative estimate of drug-likeness (QED) is 0.715. The van der Waals surface area contributed by atoms with E-state index in [4.69, 9.17) is 10.5 Å². The highest BCUT2D eigenvalue weighted by molar-refractivity contribution is 7.92. The van der Waals surface area contributed by atoms with Gasteiger partial charge in [0.05, 0.1) is 36.0 Å². The van der Waals surface area contributed by atoms with Crippen molar-refractivity contribution in [1.82, 2.24) is 4.57 Å². The molecule has 0 atom stereocenters. The molecule has 0 saturated carbocycles. The molecule has 0 fully saturated rings. The molecule has 0 saturated heterocycles. The van der Waals surface area contributed by atoms with Gasteiger partial charge in [0.25, 0.3) is 0 Å². The maximum absolute atomic E-state index is 11.5. The molecule has 0 aliphatic rings. The van der Waals surface area contributed by atoms with Crippen LogP contribution in [0.15, 0.2) is 36.4 Å². The van der Waals surface area contributed by atoms with Crippen LogP contribution in [0.1, 0.15) is 12.5 Å². The Hall–Kier alpha value is -2.67. The van der Waals surface area contributed by atoms with Gasteiger partial charge < -0.3 is 15.0 Å². The second-order valence-electron chi connectivity index (χ2n) is 6.29. The lowest BCUT2D eigenvalue weighted by molar-refractivity contribution is 0.415. The van der Waals surface area contributed by atoms with Gasteiger partial charge in [0.15, 0.2) is 0 Å². The molecular weight excluding hydrogens is 350 g/mol. The number of nitrogens with one attached hydrogen (secondary N) is 1. The molecule has 7 heteroatoms. The summed E-state index contributed by atoms with van der Waals surface area (Å²) < 4.78 is 33.0. The number of aromatic nitrogens is 1. The van der Waals surface area contributed by atoms with Gasteiger partial charge in [0, 0.05) is 23.6 Å². The Kier molecular flexibility index (Phi) is 4.58. The van der Waals surface area contributed by atoms with Gasteiger partial charge in [-0.25, -0.2) is 8.42 Å². The lowest BCUT2D eigenvalue weighted by Gasteiger charge is -2.13. The Morgan fingerprint density at radius 2 is 1.92 bits per heavy atom. The van der Waals surface area contributed by atoms with Crippen molar-refractivity contribution in [3.63, 3.8) is 0 Å². The number of hydrogen-bond donors (Lipinski definition) is 2. The SMILES string of the molecule is CCn1c(-c2ccc(NS(C)(=O)=O)c(C)c2)c(N)c2ccc(OC)cc21. The minimum atomic E-state index is -3.32. The number of nitrogen functional groups attached to an aromatic ring is 1. The Morgan fingerprint density at radius 3 is 2.50 bits per heavy atom. The lowest BCUT2D eigenvalue weighted by atomic mass is 10.1. The molecule has 1 heterocycles. The van der Waals surface area contributed by atoms with E-state index in [2.05, 4.69) is 16.2 Å². The molecule has 0 radical (unpaired) electrons. The maximum atomic E-state index is 11.5. The van der Waals surface area contributed by atoms with E-state index in [-0.39, 0.29) is 0 Å². The van der Waals surface area contributed by atoms with Gasteiger partial charge in [0.1, 0.15) is 5.75 Å².